The maximum absolute atomic E-state index is 2.75. The summed E-state index contributed by atoms with van der Waals surface area (Å²) in [6, 6.07) is 61.4. The molecule has 0 radical (unpaired) electrons. The smallest absolute Gasteiger partial charge is 0.252 e. The van der Waals surface area contributed by atoms with Crippen molar-refractivity contribution in [3.8, 4) is 11.1 Å². The lowest BCUT2D eigenvalue weighted by atomic mass is 9.33. The van der Waals surface area contributed by atoms with Crippen LogP contribution in [-0.4, -0.2) is 6.71 Å². The summed E-state index contributed by atoms with van der Waals surface area (Å²) in [6.45, 7) is 34.2. The summed E-state index contributed by atoms with van der Waals surface area (Å²) in [5.74, 6) is 0. The molecule has 0 saturated heterocycles. The molecule has 4 heteroatoms. The Morgan fingerprint density at radius 3 is 1.60 bits per heavy atom. The second-order valence-electron chi connectivity index (χ2n) is 27.3. The average Bonchev–Trinajstić information content (AvgIpc) is 3.87. The molecule has 0 aromatic heterocycles. The SMILES string of the molecule is Cc1cc2c(cc1N1c3cc4c(cc3B3c5ccc(N(c6ccccc6)c6ccccc6)cc5N(c5ccc6c(c5)-c5ccccc5C6(C)C)c5cc(C(C)(C)C)cc1c53)C(C)(C)CC4(C)C)C(C)(C)CCC2(C)C. The first-order valence-electron chi connectivity index (χ1n) is 27.9. The van der Waals surface area contributed by atoms with Crippen molar-refractivity contribution in [3.05, 3.63) is 202 Å². The van der Waals surface area contributed by atoms with E-state index in [-0.39, 0.29) is 39.2 Å². The molecule has 13 rings (SSSR count). The van der Waals surface area contributed by atoms with Gasteiger partial charge < -0.3 is 14.7 Å². The fraction of sp³-hybridized carbons (Fsp3) is 0.324. The number of aryl methyl sites for hydroxylation is 1. The van der Waals surface area contributed by atoms with Crippen molar-refractivity contribution >= 4 is 74.3 Å². The van der Waals surface area contributed by atoms with E-state index in [1.54, 1.807) is 0 Å². The molecule has 0 amide bonds. The Hall–Kier alpha value is -6.78. The van der Waals surface area contributed by atoms with E-state index in [1.807, 2.05) is 0 Å². The van der Waals surface area contributed by atoms with Gasteiger partial charge in [-0.1, -0.05) is 175 Å². The van der Waals surface area contributed by atoms with Gasteiger partial charge in [-0.3, -0.25) is 0 Å². The van der Waals surface area contributed by atoms with E-state index in [0.29, 0.717) is 0 Å². The Bertz CT molecular complexity index is 3640. The number of fused-ring (bicyclic) bond motifs is 9. The van der Waals surface area contributed by atoms with Crippen LogP contribution in [0.5, 0.6) is 0 Å². The molecular weight excluding hydrogens is 906 g/mol. The van der Waals surface area contributed by atoms with Gasteiger partial charge in [-0.25, -0.2) is 0 Å². The van der Waals surface area contributed by atoms with Crippen LogP contribution < -0.4 is 31.1 Å². The first-order chi connectivity index (χ1) is 35.5. The fourth-order valence-electron chi connectivity index (χ4n) is 15.0. The molecule has 2 aliphatic heterocycles. The predicted octanol–water partition coefficient (Wildman–Crippen LogP) is 17.5. The molecule has 0 fully saturated rings. The molecular formula is C71H74BN3. The zero-order valence-corrected chi connectivity index (χ0v) is 47.1. The number of rotatable bonds is 5. The van der Waals surface area contributed by atoms with Gasteiger partial charge in [-0.05, 0) is 198 Å². The Labute approximate surface area is 448 Å². The summed E-state index contributed by atoms with van der Waals surface area (Å²) in [6.07, 6.45) is 3.47. The van der Waals surface area contributed by atoms with E-state index in [1.165, 1.54) is 119 Å². The van der Waals surface area contributed by atoms with E-state index < -0.39 is 0 Å². The number of anilines is 9. The van der Waals surface area contributed by atoms with Crippen LogP contribution in [0.3, 0.4) is 0 Å². The predicted molar refractivity (Wildman–Crippen MR) is 322 cm³/mol. The van der Waals surface area contributed by atoms with E-state index in [4.69, 9.17) is 0 Å². The van der Waals surface area contributed by atoms with Gasteiger partial charge in [0.05, 0.1) is 0 Å². The Balaban J connectivity index is 1.16. The molecule has 8 aromatic carbocycles. The largest absolute Gasteiger partial charge is 0.311 e. The number of hydrogen-bond donors (Lipinski definition) is 0. The highest BCUT2D eigenvalue weighted by Gasteiger charge is 2.50. The van der Waals surface area contributed by atoms with Gasteiger partial charge in [0, 0.05) is 56.6 Å². The second kappa shape index (κ2) is 15.9. The Morgan fingerprint density at radius 2 is 0.960 bits per heavy atom. The van der Waals surface area contributed by atoms with Gasteiger partial charge >= 0.3 is 0 Å². The molecule has 8 aromatic rings. The quantitative estimate of drug-likeness (QED) is 0.159. The molecule has 75 heavy (non-hydrogen) atoms. The summed E-state index contributed by atoms with van der Waals surface area (Å²) in [5.41, 5.74) is 29.1. The van der Waals surface area contributed by atoms with Crippen molar-refractivity contribution in [1.29, 1.82) is 0 Å². The fourth-order valence-corrected chi connectivity index (χ4v) is 15.0. The monoisotopic (exact) mass is 980 g/mol. The first kappa shape index (κ1) is 47.9. The lowest BCUT2D eigenvalue weighted by Crippen LogP contribution is -2.61. The van der Waals surface area contributed by atoms with Crippen LogP contribution in [0.15, 0.2) is 158 Å². The molecule has 0 spiro atoms. The standard InChI is InChI=1S/C71H74BN3/c1-44-35-54-56(68(7,8)34-33-67(54,5)6)41-60(44)75-62-42-57-55(69(9,10)43-70(57,11)12)40-59(62)72-58-32-30-49(73(46-23-17-15-18-24-46)47-25-19-16-20-26-47)39-61(58)74(63-36-45(66(2,3)4)37-64(75)65(63)72)48-29-31-53-51(38-48)50-27-21-22-28-52(50)71(53,13)14/h15-32,35-42H,33-34,43H2,1-14H3. The van der Waals surface area contributed by atoms with Crippen LogP contribution in [0.2, 0.25) is 0 Å². The van der Waals surface area contributed by atoms with Crippen molar-refractivity contribution in [2.75, 3.05) is 14.7 Å². The summed E-state index contributed by atoms with van der Waals surface area (Å²) in [4.78, 5) is 7.85. The molecule has 5 aliphatic rings. The molecule has 3 nitrogen and oxygen atoms in total. The van der Waals surface area contributed by atoms with E-state index >= 15 is 0 Å². The first-order valence-corrected chi connectivity index (χ1v) is 27.9. The number of hydrogen-bond acceptors (Lipinski definition) is 3. The number of benzene rings is 8. The highest BCUT2D eigenvalue weighted by atomic mass is 15.2. The zero-order valence-electron chi connectivity index (χ0n) is 47.1. The molecule has 0 bridgehead atoms. The van der Waals surface area contributed by atoms with Crippen LogP contribution in [0.4, 0.5) is 51.2 Å². The molecule has 3 aliphatic carbocycles. The summed E-state index contributed by atoms with van der Waals surface area (Å²) < 4.78 is 0. The summed E-state index contributed by atoms with van der Waals surface area (Å²) in [5, 5.41) is 0. The van der Waals surface area contributed by atoms with Crippen molar-refractivity contribution in [1.82, 2.24) is 0 Å². The molecule has 0 atom stereocenters. The number of para-hydroxylation sites is 2. The van der Waals surface area contributed by atoms with Gasteiger partial charge in [0.2, 0.25) is 0 Å². The Kier molecular flexibility index (Phi) is 10.1. The van der Waals surface area contributed by atoms with Gasteiger partial charge in [0.15, 0.2) is 0 Å². The minimum atomic E-state index is -0.153. The minimum Gasteiger partial charge on any atom is -0.311 e. The zero-order chi connectivity index (χ0) is 52.5. The van der Waals surface area contributed by atoms with Gasteiger partial charge in [-0.2, -0.15) is 0 Å². The van der Waals surface area contributed by atoms with Crippen molar-refractivity contribution in [3.63, 3.8) is 0 Å². The highest BCUT2D eigenvalue weighted by molar-refractivity contribution is 7.00. The molecule has 2 heterocycles. The molecule has 376 valence electrons. The molecule has 0 unspecified atom stereocenters. The van der Waals surface area contributed by atoms with E-state index in [9.17, 15) is 0 Å². The lowest BCUT2D eigenvalue weighted by molar-refractivity contribution is 0.332. The summed E-state index contributed by atoms with van der Waals surface area (Å²) >= 11 is 0. The van der Waals surface area contributed by atoms with Crippen LogP contribution >= 0.6 is 0 Å². The summed E-state index contributed by atoms with van der Waals surface area (Å²) in [7, 11) is 0. The maximum atomic E-state index is 2.75. The third-order valence-electron chi connectivity index (χ3n) is 18.9. The second-order valence-corrected chi connectivity index (χ2v) is 27.3. The van der Waals surface area contributed by atoms with Crippen LogP contribution in [0, 0.1) is 6.92 Å². The minimum absolute atomic E-state index is 0.0168. The third-order valence-corrected chi connectivity index (χ3v) is 18.9. The van der Waals surface area contributed by atoms with Crippen LogP contribution in [-0.2, 0) is 32.5 Å². The van der Waals surface area contributed by atoms with Crippen LogP contribution in [0.25, 0.3) is 11.1 Å². The third kappa shape index (κ3) is 7.06. The van der Waals surface area contributed by atoms with E-state index in [2.05, 4.69) is 269 Å². The van der Waals surface area contributed by atoms with Crippen molar-refractivity contribution in [2.24, 2.45) is 0 Å². The topological polar surface area (TPSA) is 9.72 Å². The normalized spacial score (nSPS) is 18.3. The van der Waals surface area contributed by atoms with Gasteiger partial charge in [-0.15, -0.1) is 0 Å². The van der Waals surface area contributed by atoms with Gasteiger partial charge in [0.1, 0.15) is 0 Å². The highest BCUT2D eigenvalue weighted by Crippen LogP contribution is 2.56. The molecule has 0 saturated carbocycles. The van der Waals surface area contributed by atoms with Crippen molar-refractivity contribution < 1.29 is 0 Å². The van der Waals surface area contributed by atoms with E-state index in [0.717, 1.165) is 23.5 Å². The van der Waals surface area contributed by atoms with Crippen LogP contribution in [0.1, 0.15) is 154 Å². The lowest BCUT2D eigenvalue weighted by Gasteiger charge is -2.47. The van der Waals surface area contributed by atoms with Gasteiger partial charge in [0.25, 0.3) is 6.71 Å². The number of nitrogens with zero attached hydrogens (tertiary/aromatic N) is 3. The average molecular weight is 980 g/mol. The molecule has 0 N–H and O–H groups in total. The van der Waals surface area contributed by atoms with Crippen molar-refractivity contribution in [2.45, 2.75) is 149 Å². The Morgan fingerprint density at radius 1 is 0.427 bits per heavy atom. The maximum Gasteiger partial charge on any atom is 0.252 e.